The topological polar surface area (TPSA) is 84.3 Å². The zero-order valence-corrected chi connectivity index (χ0v) is 20.2. The molecule has 7 nitrogen and oxygen atoms in total. The van der Waals surface area contributed by atoms with Gasteiger partial charge in [-0.2, -0.15) is 0 Å². The Kier molecular flexibility index (Phi) is 6.05. The number of nitrogens with one attached hydrogen (secondary N) is 1. The second-order valence-corrected chi connectivity index (χ2v) is 10.3. The van der Waals surface area contributed by atoms with Gasteiger partial charge in [0.1, 0.15) is 4.83 Å². The Labute approximate surface area is 202 Å². The maximum absolute atomic E-state index is 13.1. The van der Waals surface area contributed by atoms with E-state index in [1.807, 2.05) is 41.1 Å². The number of thiophene rings is 2. The summed E-state index contributed by atoms with van der Waals surface area (Å²) < 4.78 is 1.50. The van der Waals surface area contributed by atoms with Crippen LogP contribution in [0, 0.1) is 0 Å². The van der Waals surface area contributed by atoms with Crippen molar-refractivity contribution < 1.29 is 9.59 Å². The lowest BCUT2D eigenvalue weighted by Crippen LogP contribution is -2.26. The first-order valence-electron chi connectivity index (χ1n) is 10.4. The molecular formula is C23H20N4O3S3. The summed E-state index contributed by atoms with van der Waals surface area (Å²) in [5, 5.41) is 7.96. The third-order valence-electron chi connectivity index (χ3n) is 5.44. The maximum atomic E-state index is 13.1. The molecule has 0 radical (unpaired) electrons. The number of thioether (sulfide) groups is 1. The standard InChI is InChI=1S/C23H20N4O3S3/c1-26-22(30)20-14(17-8-5-11-31-17)12-32-21(20)25-23(26)33-13-18(28)24-15-6-2-3-7-16(15)27-10-4-9-19(27)29/h2-3,5-8,11-12H,4,9-10,13H2,1H3,(H,24,28). The van der Waals surface area contributed by atoms with Crippen molar-refractivity contribution in [2.45, 2.75) is 18.0 Å². The van der Waals surface area contributed by atoms with Crippen LogP contribution in [-0.4, -0.2) is 33.7 Å². The first-order valence-corrected chi connectivity index (χ1v) is 13.1. The molecular weight excluding hydrogens is 476 g/mol. The molecule has 3 aromatic heterocycles. The van der Waals surface area contributed by atoms with Crippen LogP contribution < -0.4 is 15.8 Å². The summed E-state index contributed by atoms with van der Waals surface area (Å²) in [5.74, 6) is -0.0626. The zero-order chi connectivity index (χ0) is 22.9. The smallest absolute Gasteiger partial charge is 0.263 e. The van der Waals surface area contributed by atoms with Gasteiger partial charge < -0.3 is 10.2 Å². The molecule has 5 rings (SSSR count). The Morgan fingerprint density at radius 3 is 2.79 bits per heavy atom. The number of fused-ring (bicyclic) bond motifs is 1. The molecule has 4 aromatic rings. The highest BCUT2D eigenvalue weighted by atomic mass is 32.2. The lowest BCUT2D eigenvalue weighted by atomic mass is 10.2. The van der Waals surface area contributed by atoms with Crippen molar-refractivity contribution in [2.75, 3.05) is 22.5 Å². The second kappa shape index (κ2) is 9.12. The van der Waals surface area contributed by atoms with Gasteiger partial charge in [0, 0.05) is 35.8 Å². The van der Waals surface area contributed by atoms with Crippen LogP contribution in [-0.2, 0) is 16.6 Å². The quantitative estimate of drug-likeness (QED) is 0.312. The SMILES string of the molecule is Cn1c(SCC(=O)Nc2ccccc2N2CCCC2=O)nc2scc(-c3cccs3)c2c1=O. The van der Waals surface area contributed by atoms with Gasteiger partial charge in [-0.05, 0) is 30.0 Å². The number of hydrogen-bond donors (Lipinski definition) is 1. The summed E-state index contributed by atoms with van der Waals surface area (Å²) in [4.78, 5) is 46.0. The van der Waals surface area contributed by atoms with E-state index in [1.165, 1.54) is 27.7 Å². The fraction of sp³-hybridized carbons (Fsp3) is 0.217. The number of amides is 2. The highest BCUT2D eigenvalue weighted by Crippen LogP contribution is 2.34. The first-order chi connectivity index (χ1) is 16.0. The van der Waals surface area contributed by atoms with Crippen LogP contribution in [0.1, 0.15) is 12.8 Å². The number of carbonyl (C=O) groups excluding carboxylic acids is 2. The predicted octanol–water partition coefficient (Wildman–Crippen LogP) is 4.58. The summed E-state index contributed by atoms with van der Waals surface area (Å²) in [5.41, 5.74) is 2.10. The minimum Gasteiger partial charge on any atom is -0.324 e. The average Bonchev–Trinajstić information content (AvgIpc) is 3.56. The van der Waals surface area contributed by atoms with E-state index in [0.717, 1.165) is 16.9 Å². The molecule has 10 heteroatoms. The normalized spacial score (nSPS) is 13.7. The molecule has 0 unspecified atom stereocenters. The van der Waals surface area contributed by atoms with Gasteiger partial charge in [-0.3, -0.25) is 19.0 Å². The molecule has 1 saturated heterocycles. The predicted molar refractivity (Wildman–Crippen MR) is 136 cm³/mol. The maximum Gasteiger partial charge on any atom is 0.263 e. The molecule has 0 bridgehead atoms. The van der Waals surface area contributed by atoms with Crippen LogP contribution in [0.5, 0.6) is 0 Å². The number of carbonyl (C=O) groups is 2. The summed E-state index contributed by atoms with van der Waals surface area (Å²) in [7, 11) is 1.68. The van der Waals surface area contributed by atoms with Gasteiger partial charge in [0.15, 0.2) is 5.16 Å². The number of aromatic nitrogens is 2. The van der Waals surface area contributed by atoms with Crippen LogP contribution in [0.4, 0.5) is 11.4 Å². The Balaban J connectivity index is 1.34. The minimum atomic E-state index is -0.223. The highest BCUT2D eigenvalue weighted by molar-refractivity contribution is 7.99. The van der Waals surface area contributed by atoms with Crippen LogP contribution in [0.3, 0.4) is 0 Å². The summed E-state index contributed by atoms with van der Waals surface area (Å²) in [6.07, 6.45) is 1.34. The van der Waals surface area contributed by atoms with Crippen LogP contribution in [0.2, 0.25) is 0 Å². The van der Waals surface area contributed by atoms with Gasteiger partial charge in [0.2, 0.25) is 11.8 Å². The molecule has 0 spiro atoms. The molecule has 33 heavy (non-hydrogen) atoms. The van der Waals surface area contributed by atoms with E-state index in [4.69, 9.17) is 0 Å². The summed E-state index contributed by atoms with van der Waals surface area (Å²) >= 11 is 4.24. The fourth-order valence-corrected chi connectivity index (χ4v) is 6.40. The van der Waals surface area contributed by atoms with Crippen molar-refractivity contribution in [1.29, 1.82) is 0 Å². The summed E-state index contributed by atoms with van der Waals surface area (Å²) in [6.45, 7) is 0.654. The third-order valence-corrected chi connectivity index (χ3v) is 8.24. The van der Waals surface area contributed by atoms with Crippen LogP contribution in [0.25, 0.3) is 20.7 Å². The van der Waals surface area contributed by atoms with Crippen LogP contribution >= 0.6 is 34.4 Å². The molecule has 1 fully saturated rings. The van der Waals surface area contributed by atoms with E-state index in [2.05, 4.69) is 10.3 Å². The lowest BCUT2D eigenvalue weighted by Gasteiger charge is -2.20. The number of rotatable bonds is 6. The molecule has 0 atom stereocenters. The summed E-state index contributed by atoms with van der Waals surface area (Å²) in [6, 6.07) is 11.3. The van der Waals surface area contributed by atoms with E-state index in [9.17, 15) is 14.4 Å². The molecule has 1 N–H and O–H groups in total. The number of anilines is 2. The van der Waals surface area contributed by atoms with Crippen molar-refractivity contribution in [3.63, 3.8) is 0 Å². The lowest BCUT2D eigenvalue weighted by molar-refractivity contribution is -0.117. The van der Waals surface area contributed by atoms with Gasteiger partial charge in [0.25, 0.3) is 5.56 Å². The van der Waals surface area contributed by atoms with E-state index < -0.39 is 0 Å². The Morgan fingerprint density at radius 1 is 1.18 bits per heavy atom. The van der Waals surface area contributed by atoms with E-state index in [-0.39, 0.29) is 23.1 Å². The first kappa shape index (κ1) is 21.9. The molecule has 0 saturated carbocycles. The van der Waals surface area contributed by atoms with Crippen molar-refractivity contribution in [3.05, 3.63) is 57.5 Å². The van der Waals surface area contributed by atoms with E-state index in [0.29, 0.717) is 39.7 Å². The van der Waals surface area contributed by atoms with Crippen molar-refractivity contribution in [3.8, 4) is 10.4 Å². The molecule has 168 valence electrons. The van der Waals surface area contributed by atoms with Crippen molar-refractivity contribution in [2.24, 2.45) is 7.05 Å². The Bertz CT molecular complexity index is 1410. The highest BCUT2D eigenvalue weighted by Gasteiger charge is 2.24. The second-order valence-electron chi connectivity index (χ2n) is 7.57. The number of hydrogen-bond acceptors (Lipinski definition) is 7. The number of benzene rings is 1. The zero-order valence-electron chi connectivity index (χ0n) is 17.7. The molecule has 1 aliphatic rings. The molecule has 2 amide bonds. The molecule has 4 heterocycles. The largest absolute Gasteiger partial charge is 0.324 e. The van der Waals surface area contributed by atoms with Gasteiger partial charge in [0.05, 0.1) is 22.5 Å². The van der Waals surface area contributed by atoms with Crippen molar-refractivity contribution >= 4 is 67.8 Å². The third kappa shape index (κ3) is 4.21. The van der Waals surface area contributed by atoms with Gasteiger partial charge in [-0.25, -0.2) is 4.98 Å². The fourth-order valence-electron chi connectivity index (χ4n) is 3.83. The monoisotopic (exact) mass is 496 g/mol. The van der Waals surface area contributed by atoms with E-state index >= 15 is 0 Å². The molecule has 1 aromatic carbocycles. The average molecular weight is 497 g/mol. The van der Waals surface area contributed by atoms with Gasteiger partial charge >= 0.3 is 0 Å². The van der Waals surface area contributed by atoms with Crippen molar-refractivity contribution in [1.82, 2.24) is 9.55 Å². The molecule has 1 aliphatic heterocycles. The van der Waals surface area contributed by atoms with Gasteiger partial charge in [-0.1, -0.05) is 30.0 Å². The number of para-hydroxylation sites is 2. The van der Waals surface area contributed by atoms with E-state index in [1.54, 1.807) is 29.4 Å². The number of nitrogens with zero attached hydrogens (tertiary/aromatic N) is 3. The Morgan fingerprint density at radius 2 is 2.03 bits per heavy atom. The minimum absolute atomic E-state index is 0.0662. The molecule has 0 aliphatic carbocycles. The van der Waals surface area contributed by atoms with Gasteiger partial charge in [-0.15, -0.1) is 22.7 Å². The Hall–Kier alpha value is -2.95. The van der Waals surface area contributed by atoms with Crippen LogP contribution in [0.15, 0.2) is 57.1 Å².